The van der Waals surface area contributed by atoms with Crippen molar-refractivity contribution in [2.45, 2.75) is 11.3 Å². The maximum atomic E-state index is 13.7. The number of methoxy groups -OCH3 is 1. The number of rotatable bonds is 7. The molecule has 0 aromatic heterocycles. The standard InChI is InChI=1S/C21H19FN2O4S/c1-28-20-12-5-4-11-19(20)24-29(26,27)17-9-6-8-16(14-17)23-21(25)13-15-7-2-3-10-18(15)22/h2-12,14,24H,13H2,1H3,(H,23,25). The van der Waals surface area contributed by atoms with Crippen molar-refractivity contribution in [3.8, 4) is 5.75 Å². The number of hydrogen-bond donors (Lipinski definition) is 2. The van der Waals surface area contributed by atoms with Gasteiger partial charge in [0.15, 0.2) is 0 Å². The van der Waals surface area contributed by atoms with Crippen LogP contribution in [0.2, 0.25) is 0 Å². The summed E-state index contributed by atoms with van der Waals surface area (Å²) in [5, 5.41) is 2.59. The second kappa shape index (κ2) is 8.74. The molecule has 150 valence electrons. The van der Waals surface area contributed by atoms with E-state index in [0.29, 0.717) is 11.4 Å². The van der Waals surface area contributed by atoms with Crippen molar-refractivity contribution in [2.24, 2.45) is 0 Å². The summed E-state index contributed by atoms with van der Waals surface area (Å²) in [6.07, 6.45) is -0.164. The lowest BCUT2D eigenvalue weighted by atomic mass is 10.1. The fourth-order valence-corrected chi connectivity index (χ4v) is 3.81. The van der Waals surface area contributed by atoms with Crippen molar-refractivity contribution in [1.29, 1.82) is 0 Å². The zero-order valence-corrected chi connectivity index (χ0v) is 16.4. The minimum absolute atomic E-state index is 0.0351. The predicted molar refractivity (Wildman–Crippen MR) is 109 cm³/mol. The molecule has 2 N–H and O–H groups in total. The Morgan fingerprint density at radius 3 is 2.48 bits per heavy atom. The van der Waals surface area contributed by atoms with Crippen molar-refractivity contribution < 1.29 is 22.3 Å². The van der Waals surface area contributed by atoms with Gasteiger partial charge < -0.3 is 10.1 Å². The van der Waals surface area contributed by atoms with Gasteiger partial charge in [-0.1, -0.05) is 36.4 Å². The van der Waals surface area contributed by atoms with Crippen molar-refractivity contribution in [3.63, 3.8) is 0 Å². The Morgan fingerprint density at radius 1 is 1.00 bits per heavy atom. The van der Waals surface area contributed by atoms with E-state index in [1.165, 1.54) is 37.4 Å². The summed E-state index contributed by atoms with van der Waals surface area (Å²) in [6, 6.07) is 18.4. The third-order valence-electron chi connectivity index (χ3n) is 4.09. The molecule has 0 atom stereocenters. The largest absolute Gasteiger partial charge is 0.495 e. The number of halogens is 1. The molecule has 1 amide bonds. The normalized spacial score (nSPS) is 11.0. The second-order valence-electron chi connectivity index (χ2n) is 6.15. The molecule has 0 saturated carbocycles. The van der Waals surface area contributed by atoms with Crippen LogP contribution in [0.1, 0.15) is 5.56 Å². The van der Waals surface area contributed by atoms with E-state index in [1.807, 2.05) is 0 Å². The maximum absolute atomic E-state index is 13.7. The Hall–Kier alpha value is -3.39. The Bertz CT molecular complexity index is 1130. The maximum Gasteiger partial charge on any atom is 0.262 e. The van der Waals surface area contributed by atoms with E-state index in [1.54, 1.807) is 42.5 Å². The first kappa shape index (κ1) is 20.3. The Morgan fingerprint density at radius 2 is 1.72 bits per heavy atom. The van der Waals surface area contributed by atoms with Gasteiger partial charge in [0.1, 0.15) is 11.6 Å². The fourth-order valence-electron chi connectivity index (χ4n) is 2.69. The van der Waals surface area contributed by atoms with Gasteiger partial charge in [0.05, 0.1) is 24.1 Å². The number of amides is 1. The molecule has 0 aliphatic carbocycles. The van der Waals surface area contributed by atoms with Crippen LogP contribution >= 0.6 is 0 Å². The predicted octanol–water partition coefficient (Wildman–Crippen LogP) is 3.82. The van der Waals surface area contributed by atoms with Crippen LogP contribution < -0.4 is 14.8 Å². The van der Waals surface area contributed by atoms with Crippen molar-refractivity contribution >= 4 is 27.3 Å². The molecule has 0 aliphatic heterocycles. The molecule has 0 aliphatic rings. The van der Waals surface area contributed by atoms with E-state index >= 15 is 0 Å². The van der Waals surface area contributed by atoms with Gasteiger partial charge in [-0.3, -0.25) is 9.52 Å². The van der Waals surface area contributed by atoms with Gasteiger partial charge >= 0.3 is 0 Å². The highest BCUT2D eigenvalue weighted by Crippen LogP contribution is 2.26. The number of benzene rings is 3. The molecule has 29 heavy (non-hydrogen) atoms. The number of para-hydroxylation sites is 2. The molecule has 6 nitrogen and oxygen atoms in total. The molecule has 0 spiro atoms. The minimum atomic E-state index is -3.91. The monoisotopic (exact) mass is 414 g/mol. The van der Waals surface area contributed by atoms with Crippen LogP contribution in [0.25, 0.3) is 0 Å². The number of carbonyl (C=O) groups excluding carboxylic acids is 1. The lowest BCUT2D eigenvalue weighted by molar-refractivity contribution is -0.115. The molecule has 3 aromatic carbocycles. The highest BCUT2D eigenvalue weighted by molar-refractivity contribution is 7.92. The lowest BCUT2D eigenvalue weighted by Crippen LogP contribution is -2.17. The molecule has 3 aromatic rings. The molecule has 8 heteroatoms. The molecule has 0 heterocycles. The zero-order valence-electron chi connectivity index (χ0n) is 15.6. The summed E-state index contributed by atoms with van der Waals surface area (Å²) in [6.45, 7) is 0. The Labute approximate surface area is 168 Å². The zero-order chi connectivity index (χ0) is 20.9. The van der Waals surface area contributed by atoms with Crippen molar-refractivity contribution in [2.75, 3.05) is 17.1 Å². The number of hydrogen-bond acceptors (Lipinski definition) is 4. The quantitative estimate of drug-likeness (QED) is 0.616. The number of carbonyl (C=O) groups is 1. The van der Waals surface area contributed by atoms with Gasteiger partial charge in [0, 0.05) is 5.69 Å². The molecule has 0 unspecified atom stereocenters. The number of sulfonamides is 1. The smallest absolute Gasteiger partial charge is 0.262 e. The third-order valence-corrected chi connectivity index (χ3v) is 5.45. The van der Waals surface area contributed by atoms with E-state index < -0.39 is 21.7 Å². The van der Waals surface area contributed by atoms with Gasteiger partial charge in [-0.15, -0.1) is 0 Å². The van der Waals surface area contributed by atoms with Gasteiger partial charge in [0.25, 0.3) is 10.0 Å². The minimum Gasteiger partial charge on any atom is -0.495 e. The van der Waals surface area contributed by atoms with E-state index in [2.05, 4.69) is 10.0 Å². The topological polar surface area (TPSA) is 84.5 Å². The Balaban J connectivity index is 1.76. The van der Waals surface area contributed by atoms with Gasteiger partial charge in [-0.05, 0) is 42.0 Å². The van der Waals surface area contributed by atoms with Crippen LogP contribution in [0.3, 0.4) is 0 Å². The second-order valence-corrected chi connectivity index (χ2v) is 7.83. The molecule has 3 rings (SSSR count). The average molecular weight is 414 g/mol. The van der Waals surface area contributed by atoms with Crippen LogP contribution in [0.15, 0.2) is 77.7 Å². The molecule has 0 fully saturated rings. The van der Waals surface area contributed by atoms with Gasteiger partial charge in [0.2, 0.25) is 5.91 Å². The van der Waals surface area contributed by atoms with E-state index in [0.717, 1.165) is 0 Å². The van der Waals surface area contributed by atoms with E-state index in [-0.39, 0.29) is 22.6 Å². The molecule has 0 saturated heterocycles. The SMILES string of the molecule is COc1ccccc1NS(=O)(=O)c1cccc(NC(=O)Cc2ccccc2F)c1. The molecule has 0 bridgehead atoms. The van der Waals surface area contributed by atoms with Gasteiger partial charge in [-0.25, -0.2) is 12.8 Å². The fraction of sp³-hybridized carbons (Fsp3) is 0.0952. The van der Waals surface area contributed by atoms with Crippen molar-refractivity contribution in [1.82, 2.24) is 0 Å². The summed E-state index contributed by atoms with van der Waals surface area (Å²) in [5.41, 5.74) is 0.838. The summed E-state index contributed by atoms with van der Waals surface area (Å²) in [4.78, 5) is 12.2. The number of anilines is 2. The van der Waals surface area contributed by atoms with Crippen LogP contribution in [-0.4, -0.2) is 21.4 Å². The van der Waals surface area contributed by atoms with Crippen LogP contribution in [0, 0.1) is 5.82 Å². The van der Waals surface area contributed by atoms with E-state index in [4.69, 9.17) is 4.74 Å². The molecule has 0 radical (unpaired) electrons. The van der Waals surface area contributed by atoms with Crippen LogP contribution in [0.4, 0.5) is 15.8 Å². The van der Waals surface area contributed by atoms with Crippen LogP contribution in [-0.2, 0) is 21.2 Å². The van der Waals surface area contributed by atoms with Crippen molar-refractivity contribution in [3.05, 3.63) is 84.2 Å². The van der Waals surface area contributed by atoms with Gasteiger partial charge in [-0.2, -0.15) is 0 Å². The highest BCUT2D eigenvalue weighted by atomic mass is 32.2. The number of nitrogens with one attached hydrogen (secondary N) is 2. The van der Waals surface area contributed by atoms with E-state index in [9.17, 15) is 17.6 Å². The summed E-state index contributed by atoms with van der Waals surface area (Å²) in [5.74, 6) is -0.548. The third kappa shape index (κ3) is 5.11. The first-order chi connectivity index (χ1) is 13.9. The Kier molecular flexibility index (Phi) is 6.13. The van der Waals surface area contributed by atoms with Crippen LogP contribution in [0.5, 0.6) is 5.75 Å². The highest BCUT2D eigenvalue weighted by Gasteiger charge is 2.17. The summed E-state index contributed by atoms with van der Waals surface area (Å²) >= 11 is 0. The lowest BCUT2D eigenvalue weighted by Gasteiger charge is -2.12. The summed E-state index contributed by atoms with van der Waals surface area (Å²) in [7, 11) is -2.47. The molecular formula is C21H19FN2O4S. The summed E-state index contributed by atoms with van der Waals surface area (Å²) < 4.78 is 46.8. The first-order valence-corrected chi connectivity index (χ1v) is 10.2. The first-order valence-electron chi connectivity index (χ1n) is 8.68. The average Bonchev–Trinajstić information content (AvgIpc) is 2.70. The number of ether oxygens (including phenoxy) is 1. The molecular weight excluding hydrogens is 395 g/mol.